The number of anilines is 1. The number of aromatic nitrogens is 2. The molecule has 2 saturated carbocycles. The van der Waals surface area contributed by atoms with E-state index in [0.29, 0.717) is 35.8 Å². The number of amides is 1. The summed E-state index contributed by atoms with van der Waals surface area (Å²) in [6, 6.07) is 0.317. The molecular weight excluding hydrogens is 356 g/mol. The van der Waals surface area contributed by atoms with Crippen molar-refractivity contribution in [2.24, 2.45) is 11.7 Å². The minimum atomic E-state index is -0.651. The molecule has 7 nitrogen and oxygen atoms in total. The number of carbonyl (C=O) groups excluding carboxylic acids is 1. The molecule has 0 aliphatic heterocycles. The smallest absolute Gasteiger partial charge is 0.252 e. The van der Waals surface area contributed by atoms with Crippen LogP contribution in [0.15, 0.2) is 6.20 Å². The van der Waals surface area contributed by atoms with Crippen molar-refractivity contribution in [2.45, 2.75) is 88.9 Å². The zero-order valence-corrected chi connectivity index (χ0v) is 17.1. The summed E-state index contributed by atoms with van der Waals surface area (Å²) in [5.41, 5.74) is 5.99. The van der Waals surface area contributed by atoms with Crippen LogP contribution >= 0.6 is 0 Å². The molecule has 4 N–H and O–H groups in total. The minimum absolute atomic E-state index is 0.287. The van der Waals surface area contributed by atoms with Gasteiger partial charge in [0.15, 0.2) is 0 Å². The van der Waals surface area contributed by atoms with Crippen LogP contribution in [0, 0.1) is 5.92 Å². The van der Waals surface area contributed by atoms with Crippen LogP contribution in [0.25, 0.3) is 0 Å². The van der Waals surface area contributed by atoms with Crippen LogP contribution in [0.2, 0.25) is 0 Å². The second-order valence-electron chi connectivity index (χ2n) is 8.79. The van der Waals surface area contributed by atoms with Crippen molar-refractivity contribution in [2.75, 3.05) is 12.4 Å². The minimum Gasteiger partial charge on any atom is -0.390 e. The van der Waals surface area contributed by atoms with E-state index < -0.39 is 11.5 Å². The molecule has 2 atom stereocenters. The van der Waals surface area contributed by atoms with E-state index in [1.165, 1.54) is 0 Å². The Balaban J connectivity index is 1.71. The molecule has 3 rings (SSSR count). The average molecular weight is 391 g/mol. The van der Waals surface area contributed by atoms with Crippen LogP contribution in [0.4, 0.5) is 5.95 Å². The van der Waals surface area contributed by atoms with Crippen molar-refractivity contribution in [3.05, 3.63) is 17.5 Å². The van der Waals surface area contributed by atoms with E-state index in [4.69, 9.17) is 10.5 Å². The fraction of sp³-hybridized carbons (Fsp3) is 0.762. The summed E-state index contributed by atoms with van der Waals surface area (Å²) >= 11 is 0. The van der Waals surface area contributed by atoms with Gasteiger partial charge in [0.25, 0.3) is 5.91 Å². The van der Waals surface area contributed by atoms with Gasteiger partial charge in [0, 0.05) is 19.3 Å². The van der Waals surface area contributed by atoms with Gasteiger partial charge >= 0.3 is 0 Å². The first-order chi connectivity index (χ1) is 13.4. The molecule has 0 bridgehead atoms. The van der Waals surface area contributed by atoms with Gasteiger partial charge in [0.2, 0.25) is 5.95 Å². The number of carbonyl (C=O) groups is 1. The molecule has 2 aliphatic rings. The molecule has 2 aliphatic carbocycles. The number of hydrogen-bond acceptors (Lipinski definition) is 6. The predicted octanol–water partition coefficient (Wildman–Crippen LogP) is 2.82. The van der Waals surface area contributed by atoms with Gasteiger partial charge in [-0.3, -0.25) is 4.79 Å². The molecule has 156 valence electrons. The quantitative estimate of drug-likeness (QED) is 0.644. The van der Waals surface area contributed by atoms with Gasteiger partial charge in [-0.1, -0.05) is 12.8 Å². The number of hydrogen-bond donors (Lipinski definition) is 3. The van der Waals surface area contributed by atoms with Gasteiger partial charge in [-0.15, -0.1) is 0 Å². The molecule has 0 radical (unpaired) electrons. The molecule has 2 fully saturated rings. The van der Waals surface area contributed by atoms with Crippen molar-refractivity contribution >= 4 is 11.9 Å². The fourth-order valence-electron chi connectivity index (χ4n) is 4.69. The summed E-state index contributed by atoms with van der Waals surface area (Å²) in [6.45, 7) is 1.91. The van der Waals surface area contributed by atoms with Gasteiger partial charge in [-0.25, -0.2) is 9.97 Å². The van der Waals surface area contributed by atoms with E-state index in [1.54, 1.807) is 13.3 Å². The summed E-state index contributed by atoms with van der Waals surface area (Å²) in [4.78, 5) is 20.9. The highest BCUT2D eigenvalue weighted by molar-refractivity contribution is 5.93. The van der Waals surface area contributed by atoms with Gasteiger partial charge in [0.05, 0.1) is 23.0 Å². The molecule has 1 amide bonds. The number of primary amides is 1. The second kappa shape index (κ2) is 9.18. The Morgan fingerprint density at radius 2 is 2.07 bits per heavy atom. The van der Waals surface area contributed by atoms with E-state index in [-0.39, 0.29) is 5.92 Å². The fourth-order valence-corrected chi connectivity index (χ4v) is 4.69. The summed E-state index contributed by atoms with van der Waals surface area (Å²) < 4.78 is 5.43. The molecule has 7 heteroatoms. The van der Waals surface area contributed by atoms with Crippen molar-refractivity contribution in [3.63, 3.8) is 0 Å². The standard InChI is InChI=1S/C21H34N4O3/c1-21(27)10-4-3-5-14(12-21)11-18-17(19(22)26)13-23-20(25-18)24-15-6-8-16(28-2)9-7-15/h13-16,27H,3-12H2,1-2H3,(H2,22,26)(H,23,24,25)/t14-,15?,16?,21-/m0/s1. The van der Waals surface area contributed by atoms with Crippen LogP contribution in [0.3, 0.4) is 0 Å². The van der Waals surface area contributed by atoms with Crippen LogP contribution in [0.5, 0.6) is 0 Å². The lowest BCUT2D eigenvalue weighted by molar-refractivity contribution is 0.0318. The summed E-state index contributed by atoms with van der Waals surface area (Å²) in [5.74, 6) is 0.347. The summed E-state index contributed by atoms with van der Waals surface area (Å²) in [7, 11) is 1.77. The first-order valence-electron chi connectivity index (χ1n) is 10.5. The number of nitrogens with zero attached hydrogens (tertiary/aromatic N) is 2. The zero-order chi connectivity index (χ0) is 20.1. The predicted molar refractivity (Wildman–Crippen MR) is 108 cm³/mol. The molecule has 0 aromatic carbocycles. The molecule has 1 aromatic heterocycles. The lowest BCUT2D eigenvalue weighted by atomic mass is 9.87. The molecule has 0 saturated heterocycles. The first-order valence-corrected chi connectivity index (χ1v) is 10.5. The third kappa shape index (κ3) is 5.64. The van der Waals surface area contributed by atoms with E-state index in [0.717, 1.165) is 57.8 Å². The highest BCUT2D eigenvalue weighted by atomic mass is 16.5. The maximum Gasteiger partial charge on any atom is 0.252 e. The number of nitrogens with one attached hydrogen (secondary N) is 1. The SMILES string of the molecule is COC1CCC(Nc2ncc(C(N)=O)c(C[C@@H]3CCCC[C@](C)(O)C3)n2)CC1. The molecule has 0 spiro atoms. The van der Waals surface area contributed by atoms with Gasteiger partial charge in [-0.2, -0.15) is 0 Å². The van der Waals surface area contributed by atoms with E-state index in [2.05, 4.69) is 15.3 Å². The maximum absolute atomic E-state index is 11.9. The molecule has 1 aromatic rings. The Morgan fingerprint density at radius 1 is 1.32 bits per heavy atom. The first kappa shape index (κ1) is 21.0. The highest BCUT2D eigenvalue weighted by Gasteiger charge is 2.29. The molecule has 1 heterocycles. The second-order valence-corrected chi connectivity index (χ2v) is 8.79. The number of ether oxygens (including phenoxy) is 1. The average Bonchev–Trinajstić information content (AvgIpc) is 2.82. The Hall–Kier alpha value is -1.73. The number of methoxy groups -OCH3 is 1. The largest absolute Gasteiger partial charge is 0.390 e. The maximum atomic E-state index is 11.9. The van der Waals surface area contributed by atoms with Crippen molar-refractivity contribution < 1.29 is 14.6 Å². The van der Waals surface area contributed by atoms with Crippen LogP contribution in [-0.4, -0.2) is 45.8 Å². The van der Waals surface area contributed by atoms with Crippen molar-refractivity contribution in [1.29, 1.82) is 0 Å². The topological polar surface area (TPSA) is 110 Å². The van der Waals surface area contributed by atoms with E-state index in [9.17, 15) is 9.90 Å². The third-order valence-electron chi connectivity index (χ3n) is 6.26. The Morgan fingerprint density at radius 3 is 2.75 bits per heavy atom. The van der Waals surface area contributed by atoms with Gasteiger partial charge in [0.1, 0.15) is 0 Å². The summed E-state index contributed by atoms with van der Waals surface area (Å²) in [5, 5.41) is 14.0. The van der Waals surface area contributed by atoms with Crippen LogP contribution in [-0.2, 0) is 11.2 Å². The number of aliphatic hydroxyl groups is 1. The van der Waals surface area contributed by atoms with Crippen LogP contribution in [0.1, 0.15) is 80.8 Å². The van der Waals surface area contributed by atoms with Gasteiger partial charge < -0.3 is 20.9 Å². The van der Waals surface area contributed by atoms with Crippen LogP contribution < -0.4 is 11.1 Å². The Bertz CT molecular complexity index is 672. The van der Waals surface area contributed by atoms with E-state index in [1.807, 2.05) is 6.92 Å². The van der Waals surface area contributed by atoms with Crippen molar-refractivity contribution in [3.8, 4) is 0 Å². The van der Waals surface area contributed by atoms with Gasteiger partial charge in [-0.05, 0) is 64.2 Å². The monoisotopic (exact) mass is 390 g/mol. The Kier molecular flexibility index (Phi) is 6.88. The number of nitrogens with two attached hydrogens (primary N) is 1. The molecular formula is C21H34N4O3. The number of rotatable bonds is 6. The van der Waals surface area contributed by atoms with E-state index >= 15 is 0 Å². The highest BCUT2D eigenvalue weighted by Crippen LogP contribution is 2.33. The normalized spacial score (nSPS) is 31.2. The third-order valence-corrected chi connectivity index (χ3v) is 6.26. The molecule has 0 unspecified atom stereocenters. The zero-order valence-electron chi connectivity index (χ0n) is 17.1. The molecule has 28 heavy (non-hydrogen) atoms. The lowest BCUT2D eigenvalue weighted by Gasteiger charge is -2.28. The van der Waals surface area contributed by atoms with Crippen molar-refractivity contribution in [1.82, 2.24) is 9.97 Å². The lowest BCUT2D eigenvalue weighted by Crippen LogP contribution is -2.30. The Labute approximate surface area is 167 Å². The summed E-state index contributed by atoms with van der Waals surface area (Å²) in [6.07, 6.45) is 11.3.